The Morgan fingerprint density at radius 2 is 1.56 bits per heavy atom. The minimum absolute atomic E-state index is 0.209. The number of fused-ring (bicyclic) bond motifs is 6. The highest BCUT2D eigenvalue weighted by Gasteiger charge is 2.22. The Morgan fingerprint density at radius 1 is 0.840 bits per heavy atom. The zero-order valence-corrected chi connectivity index (χ0v) is 13.7. The molecule has 0 saturated carbocycles. The van der Waals surface area contributed by atoms with Gasteiger partial charge in [-0.25, -0.2) is 0 Å². The van der Waals surface area contributed by atoms with Crippen LogP contribution in [-0.2, 0) is 0 Å². The van der Waals surface area contributed by atoms with E-state index in [2.05, 4.69) is 10.2 Å². The van der Waals surface area contributed by atoms with Crippen LogP contribution in [0.1, 0.15) is 0 Å². The quantitative estimate of drug-likeness (QED) is 0.521. The summed E-state index contributed by atoms with van der Waals surface area (Å²) < 4.78 is 22.4. The van der Waals surface area contributed by atoms with Crippen LogP contribution < -0.4 is 18.9 Å². The fourth-order valence-electron chi connectivity index (χ4n) is 3.43. The maximum Gasteiger partial charge on any atom is 0.231 e. The second-order valence-electron chi connectivity index (χ2n) is 5.76. The summed E-state index contributed by atoms with van der Waals surface area (Å²) in [6.07, 6.45) is 0. The molecule has 0 aliphatic carbocycles. The summed E-state index contributed by atoms with van der Waals surface area (Å²) in [5, 5.41) is 12.5. The lowest BCUT2D eigenvalue weighted by Gasteiger charge is -2.15. The average Bonchev–Trinajstić information content (AvgIpc) is 3.12. The van der Waals surface area contributed by atoms with Crippen LogP contribution >= 0.6 is 0 Å². The van der Waals surface area contributed by atoms with E-state index in [-0.39, 0.29) is 6.79 Å². The van der Waals surface area contributed by atoms with Gasteiger partial charge in [-0.3, -0.25) is 0 Å². The molecule has 0 N–H and O–H groups in total. The van der Waals surface area contributed by atoms with Gasteiger partial charge in [0, 0.05) is 22.2 Å². The van der Waals surface area contributed by atoms with Crippen LogP contribution in [0.2, 0.25) is 0 Å². The molecule has 0 fully saturated rings. The van der Waals surface area contributed by atoms with E-state index in [9.17, 15) is 0 Å². The van der Waals surface area contributed by atoms with Gasteiger partial charge in [-0.2, -0.15) is 0 Å². The van der Waals surface area contributed by atoms with Gasteiger partial charge in [-0.15, -0.1) is 10.2 Å². The van der Waals surface area contributed by atoms with E-state index in [1.807, 2.05) is 36.4 Å². The highest BCUT2D eigenvalue weighted by molar-refractivity contribution is 6.19. The first-order valence-corrected chi connectivity index (χ1v) is 7.84. The molecule has 0 spiro atoms. The number of rotatable bonds is 2. The van der Waals surface area contributed by atoms with Crippen molar-refractivity contribution in [1.29, 1.82) is 0 Å². The predicted molar refractivity (Wildman–Crippen MR) is 93.8 cm³/mol. The first-order valence-electron chi connectivity index (χ1n) is 7.84. The Morgan fingerprint density at radius 3 is 2.32 bits per heavy atom. The monoisotopic (exact) mass is 334 g/mol. The summed E-state index contributed by atoms with van der Waals surface area (Å²) in [6, 6.07) is 11.7. The lowest BCUT2D eigenvalue weighted by Crippen LogP contribution is -1.97. The first-order chi connectivity index (χ1) is 12.3. The van der Waals surface area contributed by atoms with Crippen LogP contribution in [0.3, 0.4) is 0 Å². The van der Waals surface area contributed by atoms with Crippen LogP contribution in [0.4, 0.5) is 0 Å². The second-order valence-corrected chi connectivity index (χ2v) is 5.76. The maximum absolute atomic E-state index is 5.72. The van der Waals surface area contributed by atoms with E-state index in [0.717, 1.165) is 27.1 Å². The average molecular weight is 334 g/mol. The van der Waals surface area contributed by atoms with E-state index >= 15 is 0 Å². The molecule has 1 aromatic heterocycles. The molecular weight excluding hydrogens is 320 g/mol. The van der Waals surface area contributed by atoms with Crippen molar-refractivity contribution in [3.8, 4) is 23.0 Å². The lowest BCUT2D eigenvalue weighted by molar-refractivity contribution is 0.174. The van der Waals surface area contributed by atoms with E-state index in [1.165, 1.54) is 0 Å². The standard InChI is InChI=1S/C19H14N2O4/c1-22-18-11-6-4-3-5-10(11)17-16(19(18)23-2)12-7-14-15(25-9-24-14)8-13(12)20-21-17/h3-8H,9H2,1-2H3. The number of aromatic nitrogens is 2. The van der Waals surface area contributed by atoms with Crippen LogP contribution in [0.15, 0.2) is 36.4 Å². The van der Waals surface area contributed by atoms with Crippen molar-refractivity contribution in [3.63, 3.8) is 0 Å². The molecule has 6 heteroatoms. The van der Waals surface area contributed by atoms with E-state index in [1.54, 1.807) is 14.2 Å². The van der Waals surface area contributed by atoms with Crippen LogP contribution in [-0.4, -0.2) is 31.2 Å². The van der Waals surface area contributed by atoms with Gasteiger partial charge in [-0.1, -0.05) is 24.3 Å². The van der Waals surface area contributed by atoms with Gasteiger partial charge >= 0.3 is 0 Å². The minimum atomic E-state index is 0.209. The van der Waals surface area contributed by atoms with Gasteiger partial charge in [0.1, 0.15) is 5.52 Å². The van der Waals surface area contributed by atoms with Crippen molar-refractivity contribution in [1.82, 2.24) is 10.2 Å². The Hall–Kier alpha value is -3.28. The molecule has 124 valence electrons. The first kappa shape index (κ1) is 14.1. The Kier molecular flexibility index (Phi) is 2.88. The SMILES string of the molecule is COc1c(OC)c2c3cc4c(cc3nnc2c2ccccc12)OCO4. The van der Waals surface area contributed by atoms with Gasteiger partial charge in [0.15, 0.2) is 23.0 Å². The Balaban J connectivity index is 2.05. The van der Waals surface area contributed by atoms with E-state index in [4.69, 9.17) is 18.9 Å². The Labute approximate surface area is 142 Å². The normalized spacial score (nSPS) is 12.9. The molecule has 0 amide bonds. The highest BCUT2D eigenvalue weighted by atomic mass is 16.7. The molecule has 0 unspecified atom stereocenters. The molecule has 2 heterocycles. The van der Waals surface area contributed by atoms with Crippen LogP contribution in [0.25, 0.3) is 32.6 Å². The summed E-state index contributed by atoms with van der Waals surface area (Å²) in [6.45, 7) is 0.209. The summed E-state index contributed by atoms with van der Waals surface area (Å²) >= 11 is 0. The third-order valence-electron chi connectivity index (χ3n) is 4.52. The van der Waals surface area contributed by atoms with Gasteiger partial charge < -0.3 is 18.9 Å². The molecule has 25 heavy (non-hydrogen) atoms. The fourth-order valence-corrected chi connectivity index (χ4v) is 3.43. The van der Waals surface area contributed by atoms with Crippen LogP contribution in [0, 0.1) is 0 Å². The third kappa shape index (κ3) is 1.85. The van der Waals surface area contributed by atoms with E-state index < -0.39 is 0 Å². The zero-order chi connectivity index (χ0) is 17.0. The molecule has 0 atom stereocenters. The summed E-state index contributed by atoms with van der Waals surface area (Å²) in [4.78, 5) is 0. The minimum Gasteiger partial charge on any atom is -0.492 e. The van der Waals surface area contributed by atoms with Crippen molar-refractivity contribution in [2.45, 2.75) is 0 Å². The smallest absolute Gasteiger partial charge is 0.231 e. The largest absolute Gasteiger partial charge is 0.492 e. The number of ether oxygens (including phenoxy) is 4. The molecule has 0 saturated heterocycles. The van der Waals surface area contributed by atoms with E-state index in [0.29, 0.717) is 28.5 Å². The molecule has 1 aliphatic rings. The molecule has 3 aromatic carbocycles. The molecule has 1 aliphatic heterocycles. The molecule has 0 bridgehead atoms. The van der Waals surface area contributed by atoms with Gasteiger partial charge in [-0.05, 0) is 6.07 Å². The van der Waals surface area contributed by atoms with Gasteiger partial charge in [0.2, 0.25) is 6.79 Å². The summed E-state index contributed by atoms with van der Waals surface area (Å²) in [5.41, 5.74) is 1.48. The van der Waals surface area contributed by atoms with Crippen molar-refractivity contribution in [2.75, 3.05) is 21.0 Å². The maximum atomic E-state index is 5.72. The van der Waals surface area contributed by atoms with Crippen molar-refractivity contribution < 1.29 is 18.9 Å². The molecule has 0 radical (unpaired) electrons. The van der Waals surface area contributed by atoms with Crippen molar-refractivity contribution in [2.24, 2.45) is 0 Å². The number of benzene rings is 3. The number of hydrogen-bond donors (Lipinski definition) is 0. The molecular formula is C19H14N2O4. The van der Waals surface area contributed by atoms with Crippen molar-refractivity contribution in [3.05, 3.63) is 36.4 Å². The highest BCUT2D eigenvalue weighted by Crippen LogP contribution is 2.46. The van der Waals surface area contributed by atoms with Gasteiger partial charge in [0.25, 0.3) is 0 Å². The summed E-state index contributed by atoms with van der Waals surface area (Å²) in [7, 11) is 3.27. The lowest BCUT2D eigenvalue weighted by atomic mass is 10.0. The fraction of sp³-hybridized carbons (Fsp3) is 0.158. The zero-order valence-electron chi connectivity index (χ0n) is 13.7. The van der Waals surface area contributed by atoms with Crippen molar-refractivity contribution >= 4 is 32.6 Å². The number of methoxy groups -OCH3 is 2. The van der Waals surface area contributed by atoms with Crippen LogP contribution in [0.5, 0.6) is 23.0 Å². The second kappa shape index (κ2) is 5.11. The number of hydrogen-bond acceptors (Lipinski definition) is 6. The topological polar surface area (TPSA) is 62.7 Å². The number of nitrogens with zero attached hydrogens (tertiary/aromatic N) is 2. The van der Waals surface area contributed by atoms with Gasteiger partial charge in [0.05, 0.1) is 25.1 Å². The predicted octanol–water partition coefficient (Wildman–Crippen LogP) is 3.68. The summed E-state index contributed by atoms with van der Waals surface area (Å²) in [5.74, 6) is 2.68. The molecule has 6 nitrogen and oxygen atoms in total. The molecule has 5 rings (SSSR count). The Bertz CT molecular complexity index is 1160. The molecule has 4 aromatic rings. The third-order valence-corrected chi connectivity index (χ3v) is 4.52.